The standard InChI is InChI=1S/C15H17N3O3/c1-20-12-4-2-3-10(7-12)8-13-17-15(21-18-13)9-11-5-6-14(19)16-11/h2-4,7,11H,5-6,8-9H2,1H3,(H,16,19). The maximum absolute atomic E-state index is 11.2. The van der Waals surface area contributed by atoms with E-state index in [0.717, 1.165) is 17.7 Å². The molecule has 110 valence electrons. The number of methoxy groups -OCH3 is 1. The average molecular weight is 287 g/mol. The Morgan fingerprint density at radius 3 is 3.14 bits per heavy atom. The van der Waals surface area contributed by atoms with Crippen LogP contribution in [0.5, 0.6) is 5.75 Å². The molecule has 1 atom stereocenters. The van der Waals surface area contributed by atoms with Crippen molar-refractivity contribution < 1.29 is 14.1 Å². The highest BCUT2D eigenvalue weighted by Gasteiger charge is 2.23. The molecule has 6 nitrogen and oxygen atoms in total. The van der Waals surface area contributed by atoms with Crippen LogP contribution in [0.2, 0.25) is 0 Å². The Kier molecular flexibility index (Phi) is 3.85. The number of hydrogen-bond acceptors (Lipinski definition) is 5. The van der Waals surface area contributed by atoms with Crippen LogP contribution >= 0.6 is 0 Å². The molecule has 1 saturated heterocycles. The molecular formula is C15H17N3O3. The molecule has 0 aliphatic carbocycles. The van der Waals surface area contributed by atoms with Crippen molar-refractivity contribution in [2.45, 2.75) is 31.7 Å². The zero-order valence-electron chi connectivity index (χ0n) is 11.8. The van der Waals surface area contributed by atoms with Gasteiger partial charge in [-0.2, -0.15) is 4.98 Å². The molecule has 1 aliphatic heterocycles. The van der Waals surface area contributed by atoms with Gasteiger partial charge in [0.2, 0.25) is 11.8 Å². The summed E-state index contributed by atoms with van der Waals surface area (Å²) in [5.74, 6) is 2.11. The van der Waals surface area contributed by atoms with Gasteiger partial charge in [0.05, 0.1) is 7.11 Å². The summed E-state index contributed by atoms with van der Waals surface area (Å²) in [5.41, 5.74) is 1.07. The fourth-order valence-electron chi connectivity index (χ4n) is 2.45. The van der Waals surface area contributed by atoms with Crippen LogP contribution in [0.15, 0.2) is 28.8 Å². The van der Waals surface area contributed by atoms with Gasteiger partial charge in [-0.3, -0.25) is 4.79 Å². The molecule has 1 aliphatic rings. The fourth-order valence-corrected chi connectivity index (χ4v) is 2.45. The summed E-state index contributed by atoms with van der Waals surface area (Å²) in [5, 5.41) is 6.88. The highest BCUT2D eigenvalue weighted by atomic mass is 16.5. The molecule has 1 N–H and O–H groups in total. The number of carbonyl (C=O) groups is 1. The number of rotatable bonds is 5. The van der Waals surface area contributed by atoms with Crippen LogP contribution < -0.4 is 10.1 Å². The zero-order valence-corrected chi connectivity index (χ0v) is 11.8. The molecule has 1 aromatic heterocycles. The minimum absolute atomic E-state index is 0.0936. The van der Waals surface area contributed by atoms with Crippen molar-refractivity contribution in [2.75, 3.05) is 7.11 Å². The van der Waals surface area contributed by atoms with E-state index in [4.69, 9.17) is 9.26 Å². The molecule has 0 bridgehead atoms. The molecule has 0 spiro atoms. The van der Waals surface area contributed by atoms with Crippen LogP contribution in [-0.2, 0) is 17.6 Å². The normalized spacial score (nSPS) is 17.8. The lowest BCUT2D eigenvalue weighted by Crippen LogP contribution is -2.27. The first-order chi connectivity index (χ1) is 10.2. The lowest BCUT2D eigenvalue weighted by Gasteiger charge is -2.04. The quantitative estimate of drug-likeness (QED) is 0.901. The SMILES string of the molecule is COc1cccc(Cc2noc(CC3CCC(=O)N3)n2)c1. The molecule has 1 fully saturated rings. The number of amides is 1. The second kappa shape index (κ2) is 5.95. The molecule has 21 heavy (non-hydrogen) atoms. The van der Waals surface area contributed by atoms with Gasteiger partial charge in [-0.1, -0.05) is 17.3 Å². The summed E-state index contributed by atoms with van der Waals surface area (Å²) in [7, 11) is 1.64. The number of carbonyl (C=O) groups excluding carboxylic acids is 1. The van der Waals surface area contributed by atoms with E-state index in [1.54, 1.807) is 7.11 Å². The minimum Gasteiger partial charge on any atom is -0.497 e. The van der Waals surface area contributed by atoms with Crippen LogP contribution in [0.25, 0.3) is 0 Å². The van der Waals surface area contributed by atoms with Crippen molar-refractivity contribution in [2.24, 2.45) is 0 Å². The molecule has 2 aromatic rings. The average Bonchev–Trinajstić information content (AvgIpc) is 3.09. The number of nitrogens with one attached hydrogen (secondary N) is 1. The summed E-state index contributed by atoms with van der Waals surface area (Å²) >= 11 is 0. The highest BCUT2D eigenvalue weighted by molar-refractivity contribution is 5.78. The van der Waals surface area contributed by atoms with Crippen molar-refractivity contribution in [1.82, 2.24) is 15.5 Å². The van der Waals surface area contributed by atoms with Gasteiger partial charge in [-0.25, -0.2) is 0 Å². The van der Waals surface area contributed by atoms with E-state index in [1.807, 2.05) is 24.3 Å². The molecule has 1 aromatic carbocycles. The lowest BCUT2D eigenvalue weighted by atomic mass is 10.1. The van der Waals surface area contributed by atoms with E-state index in [-0.39, 0.29) is 11.9 Å². The number of ether oxygens (including phenoxy) is 1. The second-order valence-electron chi connectivity index (χ2n) is 5.14. The van der Waals surface area contributed by atoms with Gasteiger partial charge in [0.1, 0.15) is 5.75 Å². The van der Waals surface area contributed by atoms with Crippen molar-refractivity contribution >= 4 is 5.91 Å². The van der Waals surface area contributed by atoms with Gasteiger partial charge in [-0.05, 0) is 24.1 Å². The maximum atomic E-state index is 11.2. The third-order valence-corrected chi connectivity index (χ3v) is 3.51. The first-order valence-corrected chi connectivity index (χ1v) is 6.96. The van der Waals surface area contributed by atoms with Crippen molar-refractivity contribution in [3.05, 3.63) is 41.5 Å². The van der Waals surface area contributed by atoms with Gasteiger partial charge < -0.3 is 14.6 Å². The third kappa shape index (κ3) is 3.39. The molecular weight excluding hydrogens is 270 g/mol. The predicted molar refractivity (Wildman–Crippen MR) is 75.0 cm³/mol. The molecule has 1 amide bonds. The van der Waals surface area contributed by atoms with E-state index < -0.39 is 0 Å². The third-order valence-electron chi connectivity index (χ3n) is 3.51. The maximum Gasteiger partial charge on any atom is 0.228 e. The van der Waals surface area contributed by atoms with Crippen LogP contribution in [0, 0.1) is 0 Å². The molecule has 0 radical (unpaired) electrons. The van der Waals surface area contributed by atoms with Gasteiger partial charge in [-0.15, -0.1) is 0 Å². The Balaban J connectivity index is 1.63. The largest absolute Gasteiger partial charge is 0.497 e. The van der Waals surface area contributed by atoms with E-state index >= 15 is 0 Å². The van der Waals surface area contributed by atoms with E-state index in [2.05, 4.69) is 15.5 Å². The van der Waals surface area contributed by atoms with Gasteiger partial charge >= 0.3 is 0 Å². The molecule has 1 unspecified atom stereocenters. The summed E-state index contributed by atoms with van der Waals surface area (Å²) in [6.45, 7) is 0. The van der Waals surface area contributed by atoms with Crippen LogP contribution in [0.3, 0.4) is 0 Å². The summed E-state index contributed by atoms with van der Waals surface area (Å²) in [4.78, 5) is 15.5. The predicted octanol–water partition coefficient (Wildman–Crippen LogP) is 1.49. The van der Waals surface area contributed by atoms with Crippen LogP contribution in [0.1, 0.15) is 30.1 Å². The highest BCUT2D eigenvalue weighted by Crippen LogP contribution is 2.16. The van der Waals surface area contributed by atoms with Crippen LogP contribution in [0.4, 0.5) is 0 Å². The van der Waals surface area contributed by atoms with E-state index in [0.29, 0.717) is 31.0 Å². The molecule has 2 heterocycles. The topological polar surface area (TPSA) is 77.2 Å². The minimum atomic E-state index is 0.0936. The van der Waals surface area contributed by atoms with Crippen LogP contribution in [-0.4, -0.2) is 29.2 Å². The lowest BCUT2D eigenvalue weighted by molar-refractivity contribution is -0.119. The first-order valence-electron chi connectivity index (χ1n) is 6.96. The number of benzene rings is 1. The summed E-state index contributed by atoms with van der Waals surface area (Å²) in [6, 6.07) is 7.89. The smallest absolute Gasteiger partial charge is 0.228 e. The van der Waals surface area contributed by atoms with E-state index in [1.165, 1.54) is 0 Å². The van der Waals surface area contributed by atoms with Gasteiger partial charge in [0.15, 0.2) is 5.82 Å². The number of nitrogens with zero attached hydrogens (tertiary/aromatic N) is 2. The molecule has 0 saturated carbocycles. The Morgan fingerprint density at radius 2 is 2.38 bits per heavy atom. The van der Waals surface area contributed by atoms with Gasteiger partial charge in [0, 0.05) is 25.3 Å². The Bertz CT molecular complexity index is 639. The zero-order chi connectivity index (χ0) is 14.7. The first kappa shape index (κ1) is 13.6. The fraction of sp³-hybridized carbons (Fsp3) is 0.400. The summed E-state index contributed by atoms with van der Waals surface area (Å²) < 4.78 is 10.4. The number of hydrogen-bond donors (Lipinski definition) is 1. The monoisotopic (exact) mass is 287 g/mol. The van der Waals surface area contributed by atoms with Crippen molar-refractivity contribution in [1.29, 1.82) is 0 Å². The van der Waals surface area contributed by atoms with Crippen molar-refractivity contribution in [3.8, 4) is 5.75 Å². The molecule has 6 heteroatoms. The van der Waals surface area contributed by atoms with E-state index in [9.17, 15) is 4.79 Å². The Morgan fingerprint density at radius 1 is 1.48 bits per heavy atom. The second-order valence-corrected chi connectivity index (χ2v) is 5.14. The van der Waals surface area contributed by atoms with Gasteiger partial charge in [0.25, 0.3) is 0 Å². The Hall–Kier alpha value is -2.37. The molecule has 3 rings (SSSR count). The van der Waals surface area contributed by atoms with Crippen molar-refractivity contribution in [3.63, 3.8) is 0 Å². The number of aromatic nitrogens is 2. The Labute approximate surface area is 122 Å². The summed E-state index contributed by atoms with van der Waals surface area (Å²) in [6.07, 6.45) is 2.59.